The Morgan fingerprint density at radius 3 is 2.09 bits per heavy atom. The van der Waals surface area contributed by atoms with E-state index in [1.54, 1.807) is 37.5 Å². The van der Waals surface area contributed by atoms with Crippen molar-refractivity contribution < 1.29 is 19.1 Å². The van der Waals surface area contributed by atoms with E-state index < -0.39 is 17.1 Å². The number of nitrogens with one attached hydrogen (secondary N) is 1. The van der Waals surface area contributed by atoms with Gasteiger partial charge in [-0.2, -0.15) is 0 Å². The van der Waals surface area contributed by atoms with Gasteiger partial charge in [-0.3, -0.25) is 9.59 Å². The van der Waals surface area contributed by atoms with E-state index in [0.717, 1.165) is 0 Å². The second-order valence-electron chi connectivity index (χ2n) is 6.18. The minimum Gasteiger partial charge on any atom is -0.444 e. The summed E-state index contributed by atoms with van der Waals surface area (Å²) < 4.78 is 5.06. The molecule has 8 heteroatoms. The van der Waals surface area contributed by atoms with Gasteiger partial charge in [-0.15, -0.1) is 11.6 Å². The maximum Gasteiger partial charge on any atom is 0.408 e. The van der Waals surface area contributed by atoms with Crippen LogP contribution in [0.25, 0.3) is 0 Å². The van der Waals surface area contributed by atoms with Gasteiger partial charge in [0.15, 0.2) is 0 Å². The Morgan fingerprint density at radius 1 is 1.14 bits per heavy atom. The molecule has 22 heavy (non-hydrogen) atoms. The molecule has 0 aromatic rings. The molecule has 3 amide bonds. The van der Waals surface area contributed by atoms with Crippen LogP contribution in [0.4, 0.5) is 4.79 Å². The van der Waals surface area contributed by atoms with E-state index in [0.29, 0.717) is 26.2 Å². The summed E-state index contributed by atoms with van der Waals surface area (Å²) in [5, 5.41) is 1.88. The predicted octanol–water partition coefficient (Wildman–Crippen LogP) is 0.809. The number of piperazine rings is 1. The lowest BCUT2D eigenvalue weighted by Gasteiger charge is -2.35. The number of nitrogens with zero attached hydrogens (tertiary/aromatic N) is 2. The molecule has 1 saturated heterocycles. The van der Waals surface area contributed by atoms with Crippen molar-refractivity contribution in [3.63, 3.8) is 0 Å². The maximum absolute atomic E-state index is 12.0. The van der Waals surface area contributed by atoms with E-state index in [-0.39, 0.29) is 18.4 Å². The van der Waals surface area contributed by atoms with Gasteiger partial charge in [-0.25, -0.2) is 4.79 Å². The van der Waals surface area contributed by atoms with Crippen molar-refractivity contribution >= 4 is 29.5 Å². The fraction of sp³-hybridized carbons (Fsp3) is 0.786. The van der Waals surface area contributed by atoms with Crippen LogP contribution >= 0.6 is 11.6 Å². The van der Waals surface area contributed by atoms with E-state index in [1.807, 2.05) is 0 Å². The quantitative estimate of drug-likeness (QED) is 0.775. The highest BCUT2D eigenvalue weighted by Gasteiger charge is 2.26. The molecule has 0 aromatic heterocycles. The minimum absolute atomic E-state index is 0.116. The number of carbonyl (C=O) groups excluding carboxylic acids is 3. The third-order valence-electron chi connectivity index (χ3n) is 3.07. The van der Waals surface area contributed by atoms with Gasteiger partial charge in [0.25, 0.3) is 0 Å². The van der Waals surface area contributed by atoms with E-state index >= 15 is 0 Å². The highest BCUT2D eigenvalue weighted by molar-refractivity contribution is 6.30. The molecule has 0 aliphatic carbocycles. The predicted molar refractivity (Wildman–Crippen MR) is 82.7 cm³/mol. The van der Waals surface area contributed by atoms with E-state index in [2.05, 4.69) is 5.32 Å². The smallest absolute Gasteiger partial charge is 0.408 e. The molecular formula is C14H24ClN3O4. The molecule has 1 unspecified atom stereocenters. The van der Waals surface area contributed by atoms with Gasteiger partial charge in [-0.05, 0) is 27.7 Å². The number of ether oxygens (including phenoxy) is 1. The normalized spacial score (nSPS) is 17.0. The molecule has 1 rings (SSSR count). The highest BCUT2D eigenvalue weighted by Crippen LogP contribution is 2.08. The summed E-state index contributed by atoms with van der Waals surface area (Å²) in [6.07, 6.45) is -0.620. The molecule has 1 fully saturated rings. The van der Waals surface area contributed by atoms with Crippen molar-refractivity contribution in [1.82, 2.24) is 15.1 Å². The van der Waals surface area contributed by atoms with Crippen LogP contribution in [0.1, 0.15) is 27.7 Å². The lowest BCUT2D eigenvalue weighted by Crippen LogP contribution is -2.53. The molecule has 1 atom stereocenters. The van der Waals surface area contributed by atoms with Gasteiger partial charge in [0.2, 0.25) is 11.8 Å². The molecule has 0 radical (unpaired) electrons. The second kappa shape index (κ2) is 7.67. The molecule has 126 valence electrons. The Labute approximate surface area is 135 Å². The monoisotopic (exact) mass is 333 g/mol. The lowest BCUT2D eigenvalue weighted by atomic mass is 10.2. The van der Waals surface area contributed by atoms with Crippen molar-refractivity contribution in [2.75, 3.05) is 32.7 Å². The first kappa shape index (κ1) is 18.5. The fourth-order valence-electron chi connectivity index (χ4n) is 2.00. The van der Waals surface area contributed by atoms with Crippen molar-refractivity contribution in [2.24, 2.45) is 0 Å². The molecule has 7 nitrogen and oxygen atoms in total. The average Bonchev–Trinajstić information content (AvgIpc) is 2.42. The number of hydrogen-bond acceptors (Lipinski definition) is 4. The van der Waals surface area contributed by atoms with E-state index in [1.165, 1.54) is 0 Å². The maximum atomic E-state index is 12.0. The van der Waals surface area contributed by atoms with Gasteiger partial charge in [0.1, 0.15) is 17.5 Å². The van der Waals surface area contributed by atoms with Crippen LogP contribution < -0.4 is 5.32 Å². The number of amides is 3. The zero-order chi connectivity index (χ0) is 16.9. The molecule has 1 aliphatic rings. The van der Waals surface area contributed by atoms with Gasteiger partial charge in [0, 0.05) is 26.2 Å². The molecule has 0 spiro atoms. The summed E-state index contributed by atoms with van der Waals surface area (Å²) in [6, 6.07) is 0. The van der Waals surface area contributed by atoms with Gasteiger partial charge in [0.05, 0.1) is 0 Å². The van der Waals surface area contributed by atoms with Crippen LogP contribution in [0.5, 0.6) is 0 Å². The van der Waals surface area contributed by atoms with Crippen LogP contribution in [0.2, 0.25) is 0 Å². The van der Waals surface area contributed by atoms with Crippen molar-refractivity contribution in [2.45, 2.75) is 38.7 Å². The summed E-state index contributed by atoms with van der Waals surface area (Å²) in [4.78, 5) is 38.5. The van der Waals surface area contributed by atoms with Crippen LogP contribution in [0.3, 0.4) is 0 Å². The van der Waals surface area contributed by atoms with Crippen LogP contribution in [-0.4, -0.2) is 71.4 Å². The highest BCUT2D eigenvalue weighted by atomic mass is 35.5. The number of alkyl carbamates (subject to hydrolysis) is 1. The van der Waals surface area contributed by atoms with Gasteiger partial charge >= 0.3 is 6.09 Å². The number of hydrogen-bond donors (Lipinski definition) is 1. The van der Waals surface area contributed by atoms with Crippen LogP contribution in [-0.2, 0) is 14.3 Å². The zero-order valence-electron chi connectivity index (χ0n) is 13.5. The van der Waals surface area contributed by atoms with E-state index in [9.17, 15) is 14.4 Å². The number of carbonyl (C=O) groups is 3. The van der Waals surface area contributed by atoms with E-state index in [4.69, 9.17) is 16.3 Å². The van der Waals surface area contributed by atoms with Crippen LogP contribution in [0, 0.1) is 0 Å². The molecule has 1 aliphatic heterocycles. The molecule has 0 aromatic carbocycles. The third-order valence-corrected chi connectivity index (χ3v) is 3.25. The van der Waals surface area contributed by atoms with Gasteiger partial charge in [-0.1, -0.05) is 0 Å². The molecule has 0 saturated carbocycles. The number of halogens is 1. The number of rotatable bonds is 3. The Kier molecular flexibility index (Phi) is 6.47. The second-order valence-corrected chi connectivity index (χ2v) is 6.83. The zero-order valence-corrected chi connectivity index (χ0v) is 14.3. The first-order valence-electron chi connectivity index (χ1n) is 7.27. The fourth-order valence-corrected chi connectivity index (χ4v) is 2.14. The Morgan fingerprint density at radius 2 is 1.64 bits per heavy atom. The average molecular weight is 334 g/mol. The summed E-state index contributed by atoms with van der Waals surface area (Å²) in [5.74, 6) is -0.322. The SMILES string of the molecule is CC(Cl)C(=O)N1CCN(C(=O)CNC(=O)OC(C)(C)C)CC1. The van der Waals surface area contributed by atoms with Crippen molar-refractivity contribution in [1.29, 1.82) is 0 Å². The summed E-state index contributed by atoms with van der Waals surface area (Å²) in [7, 11) is 0. The minimum atomic E-state index is -0.620. The molecule has 1 heterocycles. The lowest BCUT2D eigenvalue weighted by molar-refractivity contribution is -0.138. The topological polar surface area (TPSA) is 79.0 Å². The van der Waals surface area contributed by atoms with Crippen molar-refractivity contribution in [3.05, 3.63) is 0 Å². The summed E-state index contributed by atoms with van der Waals surface area (Å²) >= 11 is 5.76. The first-order chi connectivity index (χ1) is 10.1. The Bertz CT molecular complexity index is 426. The Balaban J connectivity index is 2.34. The van der Waals surface area contributed by atoms with Gasteiger partial charge < -0.3 is 19.9 Å². The third kappa shape index (κ3) is 6.09. The summed E-state index contributed by atoms with van der Waals surface area (Å²) in [6.45, 7) is 8.55. The molecule has 0 bridgehead atoms. The Hall–Kier alpha value is -1.50. The summed E-state index contributed by atoms with van der Waals surface area (Å²) in [5.41, 5.74) is -0.600. The van der Waals surface area contributed by atoms with Crippen LogP contribution in [0.15, 0.2) is 0 Å². The largest absolute Gasteiger partial charge is 0.444 e. The van der Waals surface area contributed by atoms with Crippen molar-refractivity contribution in [3.8, 4) is 0 Å². The standard InChI is InChI=1S/C14H24ClN3O4/c1-10(15)12(20)18-7-5-17(6-8-18)11(19)9-16-13(21)22-14(2,3)4/h10H,5-9H2,1-4H3,(H,16,21). The first-order valence-corrected chi connectivity index (χ1v) is 7.71. The molecular weight excluding hydrogens is 310 g/mol. The number of alkyl halides is 1. The molecule has 1 N–H and O–H groups in total.